The monoisotopic (exact) mass is 376 g/mol. The summed E-state index contributed by atoms with van der Waals surface area (Å²) < 4.78 is 38.4. The third-order valence-electron chi connectivity index (χ3n) is 5.36. The molecule has 3 heterocycles. The number of nitrogens with zero attached hydrogens (tertiary/aromatic N) is 3. The molecule has 0 aliphatic carbocycles. The largest absolute Gasteiger partial charge is 0.417 e. The first-order chi connectivity index (χ1) is 12.9. The van der Waals surface area contributed by atoms with Gasteiger partial charge in [0.2, 0.25) is 0 Å². The molecule has 2 aliphatic rings. The highest BCUT2D eigenvalue weighted by Gasteiger charge is 2.31. The zero-order chi connectivity index (χ0) is 19.0. The van der Waals surface area contributed by atoms with Gasteiger partial charge in [-0.25, -0.2) is 4.98 Å². The van der Waals surface area contributed by atoms with Crippen molar-refractivity contribution in [1.29, 1.82) is 0 Å². The fourth-order valence-electron chi connectivity index (χ4n) is 3.95. The molecule has 0 amide bonds. The topological polar surface area (TPSA) is 31.4 Å². The Balaban J connectivity index is 1.59. The molecule has 4 nitrogen and oxygen atoms in total. The van der Waals surface area contributed by atoms with Gasteiger partial charge in [0.25, 0.3) is 0 Å². The van der Waals surface area contributed by atoms with Crippen LogP contribution in [-0.4, -0.2) is 37.2 Å². The summed E-state index contributed by atoms with van der Waals surface area (Å²) in [6, 6.07) is 9.44. The van der Waals surface area contributed by atoms with Gasteiger partial charge < -0.3 is 15.1 Å². The fourth-order valence-corrected chi connectivity index (χ4v) is 3.95. The van der Waals surface area contributed by atoms with Gasteiger partial charge in [0.15, 0.2) is 0 Å². The number of alkyl halides is 3. The van der Waals surface area contributed by atoms with Gasteiger partial charge in [-0.05, 0) is 42.7 Å². The Bertz CT molecular complexity index is 804. The fraction of sp³-hybridized carbons (Fsp3) is 0.450. The van der Waals surface area contributed by atoms with Crippen LogP contribution >= 0.6 is 0 Å². The van der Waals surface area contributed by atoms with Gasteiger partial charge >= 0.3 is 6.18 Å². The number of rotatable bonds is 2. The number of fused-ring (bicyclic) bond motifs is 1. The molecule has 1 aromatic heterocycles. The summed E-state index contributed by atoms with van der Waals surface area (Å²) in [5.74, 6) is 0.595. The second kappa shape index (κ2) is 7.03. The Labute approximate surface area is 157 Å². The zero-order valence-corrected chi connectivity index (χ0v) is 15.3. The van der Waals surface area contributed by atoms with Crippen molar-refractivity contribution in [3.8, 4) is 0 Å². The van der Waals surface area contributed by atoms with Crippen LogP contribution in [0.5, 0.6) is 0 Å². The van der Waals surface area contributed by atoms with Gasteiger partial charge in [-0.1, -0.05) is 12.1 Å². The minimum atomic E-state index is -4.35. The maximum atomic E-state index is 12.8. The summed E-state index contributed by atoms with van der Waals surface area (Å²) >= 11 is 0. The summed E-state index contributed by atoms with van der Waals surface area (Å²) in [5.41, 5.74) is 3.11. The van der Waals surface area contributed by atoms with Crippen LogP contribution in [-0.2, 0) is 19.1 Å². The van der Waals surface area contributed by atoms with Crippen LogP contribution in [0, 0.1) is 0 Å². The quantitative estimate of drug-likeness (QED) is 0.870. The second-order valence-electron chi connectivity index (χ2n) is 7.29. The van der Waals surface area contributed by atoms with Gasteiger partial charge in [0, 0.05) is 50.6 Å². The molecule has 1 aromatic carbocycles. The maximum Gasteiger partial charge on any atom is 0.417 e. The predicted octanol–water partition coefficient (Wildman–Crippen LogP) is 3.46. The number of piperazine rings is 1. The predicted molar refractivity (Wildman–Crippen MR) is 100 cm³/mol. The van der Waals surface area contributed by atoms with Gasteiger partial charge in [-0.3, -0.25) is 0 Å². The number of hydrogen-bond donors (Lipinski definition) is 1. The molecule has 0 saturated carbocycles. The van der Waals surface area contributed by atoms with Gasteiger partial charge in [-0.15, -0.1) is 0 Å². The lowest BCUT2D eigenvalue weighted by atomic mass is 9.96. The Morgan fingerprint density at radius 2 is 1.96 bits per heavy atom. The van der Waals surface area contributed by atoms with E-state index in [2.05, 4.69) is 45.2 Å². The van der Waals surface area contributed by atoms with Crippen LogP contribution in [0.3, 0.4) is 0 Å². The van der Waals surface area contributed by atoms with Gasteiger partial charge in [0.05, 0.1) is 5.56 Å². The summed E-state index contributed by atoms with van der Waals surface area (Å²) in [5, 5.41) is 3.46. The van der Waals surface area contributed by atoms with Crippen molar-refractivity contribution in [3.63, 3.8) is 0 Å². The number of anilines is 2. The molecular formula is C20H23F3N4. The summed E-state index contributed by atoms with van der Waals surface area (Å²) in [6.45, 7) is 6.47. The highest BCUT2D eigenvalue weighted by atomic mass is 19.4. The van der Waals surface area contributed by atoms with Crippen LogP contribution in [0.1, 0.15) is 23.6 Å². The number of nitrogens with one attached hydrogen (secondary N) is 1. The molecule has 1 fully saturated rings. The first-order valence-electron chi connectivity index (χ1n) is 9.29. The van der Waals surface area contributed by atoms with Crippen molar-refractivity contribution in [2.24, 2.45) is 0 Å². The molecule has 1 atom stereocenters. The summed E-state index contributed by atoms with van der Waals surface area (Å²) in [4.78, 5) is 8.55. The highest BCUT2D eigenvalue weighted by molar-refractivity contribution is 5.60. The molecule has 1 saturated heterocycles. The van der Waals surface area contributed by atoms with Crippen molar-refractivity contribution < 1.29 is 13.2 Å². The third-order valence-corrected chi connectivity index (χ3v) is 5.36. The molecule has 1 N–H and O–H groups in total. The van der Waals surface area contributed by atoms with Crippen molar-refractivity contribution in [2.45, 2.75) is 32.1 Å². The molecule has 2 aliphatic heterocycles. The molecular weight excluding hydrogens is 353 g/mol. The highest BCUT2D eigenvalue weighted by Crippen LogP contribution is 2.33. The molecule has 2 aromatic rings. The molecule has 4 rings (SSSR count). The molecule has 0 radical (unpaired) electrons. The van der Waals surface area contributed by atoms with Crippen molar-refractivity contribution >= 4 is 11.5 Å². The number of pyridine rings is 1. The molecule has 0 spiro atoms. The van der Waals surface area contributed by atoms with Gasteiger partial charge in [0.1, 0.15) is 5.82 Å². The Morgan fingerprint density at radius 1 is 1.11 bits per heavy atom. The average molecular weight is 376 g/mol. The number of benzene rings is 1. The van der Waals surface area contributed by atoms with E-state index in [1.807, 2.05) is 0 Å². The van der Waals surface area contributed by atoms with Crippen LogP contribution in [0.25, 0.3) is 0 Å². The zero-order valence-electron chi connectivity index (χ0n) is 15.3. The first-order valence-corrected chi connectivity index (χ1v) is 9.29. The van der Waals surface area contributed by atoms with E-state index < -0.39 is 11.7 Å². The number of hydrogen-bond acceptors (Lipinski definition) is 4. The van der Waals surface area contributed by atoms with E-state index in [1.54, 1.807) is 0 Å². The second-order valence-corrected chi connectivity index (χ2v) is 7.29. The van der Waals surface area contributed by atoms with E-state index in [1.165, 1.54) is 22.9 Å². The lowest BCUT2D eigenvalue weighted by Gasteiger charge is -2.38. The van der Waals surface area contributed by atoms with Gasteiger partial charge in [-0.2, -0.15) is 13.2 Å². The summed E-state index contributed by atoms with van der Waals surface area (Å²) in [7, 11) is 0. The first kappa shape index (κ1) is 18.1. The number of aromatic nitrogens is 1. The van der Waals surface area contributed by atoms with E-state index >= 15 is 0 Å². The average Bonchev–Trinajstić information content (AvgIpc) is 2.66. The lowest BCUT2D eigenvalue weighted by Crippen LogP contribution is -2.49. The Kier molecular flexibility index (Phi) is 4.72. The molecule has 27 heavy (non-hydrogen) atoms. The molecule has 144 valence electrons. The lowest BCUT2D eigenvalue weighted by molar-refractivity contribution is -0.137. The summed E-state index contributed by atoms with van der Waals surface area (Å²) in [6.07, 6.45) is -2.56. The Hall–Kier alpha value is -2.28. The minimum absolute atomic E-state index is 0.436. The number of halogens is 3. The SMILES string of the molecule is CC1CN(c2cccc3c2CN(c2ccc(C(F)(F)F)cn2)CC3)CCN1. The van der Waals surface area contributed by atoms with E-state index in [0.29, 0.717) is 18.4 Å². The normalized spacial score (nSPS) is 20.5. The molecule has 0 bridgehead atoms. The van der Waals surface area contributed by atoms with E-state index in [9.17, 15) is 13.2 Å². The van der Waals surface area contributed by atoms with Crippen LogP contribution in [0.4, 0.5) is 24.7 Å². The van der Waals surface area contributed by atoms with Crippen LogP contribution < -0.4 is 15.1 Å². The molecule has 1 unspecified atom stereocenters. The molecule has 7 heteroatoms. The smallest absolute Gasteiger partial charge is 0.368 e. The Morgan fingerprint density at radius 3 is 2.67 bits per heavy atom. The maximum absolute atomic E-state index is 12.8. The van der Waals surface area contributed by atoms with E-state index in [4.69, 9.17) is 0 Å². The van der Waals surface area contributed by atoms with Crippen LogP contribution in [0.15, 0.2) is 36.5 Å². The minimum Gasteiger partial charge on any atom is -0.368 e. The standard InChI is InChI=1S/C20H23F3N4/c1-14-12-26(10-8-24-14)18-4-2-3-15-7-9-27(13-17(15)18)19-6-5-16(11-25-19)20(21,22)23/h2-6,11,14,24H,7-10,12-13H2,1H3. The van der Waals surface area contributed by atoms with Crippen molar-refractivity contribution in [1.82, 2.24) is 10.3 Å². The van der Waals surface area contributed by atoms with Crippen LogP contribution in [0.2, 0.25) is 0 Å². The third kappa shape index (κ3) is 3.74. The van der Waals surface area contributed by atoms with Crippen molar-refractivity contribution in [2.75, 3.05) is 36.0 Å². The van der Waals surface area contributed by atoms with E-state index in [0.717, 1.165) is 44.9 Å². The van der Waals surface area contributed by atoms with E-state index in [-0.39, 0.29) is 0 Å². The van der Waals surface area contributed by atoms with Crippen molar-refractivity contribution in [3.05, 3.63) is 53.2 Å².